The van der Waals surface area contributed by atoms with Crippen LogP contribution in [0.2, 0.25) is 0 Å². The van der Waals surface area contributed by atoms with Gasteiger partial charge in [-0.1, -0.05) is 13.8 Å². The number of aliphatic hydroxyl groups is 1. The molecule has 5 nitrogen and oxygen atoms in total. The Morgan fingerprint density at radius 3 is 2.62 bits per heavy atom. The predicted molar refractivity (Wildman–Crippen MR) is 61.4 cm³/mol. The molecule has 16 heavy (non-hydrogen) atoms. The number of β-amino-alcohol motifs (C(OH)–C–C–N with tert-alkyl or cyclic N) is 1. The third-order valence-electron chi connectivity index (χ3n) is 3.45. The molecule has 0 amide bonds. The molecule has 1 atom stereocenters. The topological polar surface area (TPSA) is 72.8 Å². The molecule has 94 valence electrons. The van der Waals surface area contributed by atoms with Crippen LogP contribution in [0.15, 0.2) is 0 Å². The molecule has 1 heterocycles. The van der Waals surface area contributed by atoms with Crippen molar-refractivity contribution < 1.29 is 15.0 Å². The molecule has 1 saturated heterocycles. The lowest BCUT2D eigenvalue weighted by Crippen LogP contribution is -2.58. The van der Waals surface area contributed by atoms with Crippen molar-refractivity contribution in [2.75, 3.05) is 26.2 Å². The van der Waals surface area contributed by atoms with Crippen LogP contribution in [0.3, 0.4) is 0 Å². The number of hydrogen-bond donors (Lipinski definition) is 3. The molecule has 0 aromatic heterocycles. The summed E-state index contributed by atoms with van der Waals surface area (Å²) < 4.78 is 0. The number of carbonyl (C=O) groups is 1. The van der Waals surface area contributed by atoms with Crippen LogP contribution in [-0.4, -0.2) is 58.9 Å². The van der Waals surface area contributed by atoms with E-state index in [1.54, 1.807) is 0 Å². The Kier molecular flexibility index (Phi) is 4.70. The summed E-state index contributed by atoms with van der Waals surface area (Å²) in [6.45, 7) is 6.23. The Morgan fingerprint density at radius 2 is 2.12 bits per heavy atom. The van der Waals surface area contributed by atoms with E-state index in [1.165, 1.54) is 0 Å². The second kappa shape index (κ2) is 5.61. The van der Waals surface area contributed by atoms with Gasteiger partial charge in [0.05, 0.1) is 5.60 Å². The van der Waals surface area contributed by atoms with E-state index in [4.69, 9.17) is 5.11 Å². The molecule has 0 aromatic rings. The summed E-state index contributed by atoms with van der Waals surface area (Å²) in [5.41, 5.74) is -0.759. The summed E-state index contributed by atoms with van der Waals surface area (Å²) in [7, 11) is 0. The number of aliphatic carboxylic acids is 1. The summed E-state index contributed by atoms with van der Waals surface area (Å²) >= 11 is 0. The van der Waals surface area contributed by atoms with Crippen molar-refractivity contribution >= 4 is 5.97 Å². The predicted octanol–water partition coefficient (Wildman–Crippen LogP) is -0.104. The summed E-state index contributed by atoms with van der Waals surface area (Å²) in [5.74, 6) is -0.818. The molecule has 5 heteroatoms. The molecule has 0 bridgehead atoms. The third kappa shape index (κ3) is 3.17. The highest BCUT2D eigenvalue weighted by Crippen LogP contribution is 2.18. The first-order valence-electron chi connectivity index (χ1n) is 5.92. The minimum absolute atomic E-state index is 0.443. The van der Waals surface area contributed by atoms with Crippen molar-refractivity contribution in [3.63, 3.8) is 0 Å². The first-order chi connectivity index (χ1) is 7.52. The van der Waals surface area contributed by atoms with E-state index in [9.17, 15) is 9.90 Å². The third-order valence-corrected chi connectivity index (χ3v) is 3.45. The molecular formula is C11H22N2O3. The SMILES string of the molecule is CCC(O)(CC)CN1CCNCC1C(=O)O. The van der Waals surface area contributed by atoms with Gasteiger partial charge in [-0.25, -0.2) is 0 Å². The van der Waals surface area contributed by atoms with Gasteiger partial charge in [-0.05, 0) is 12.8 Å². The number of rotatable bonds is 5. The summed E-state index contributed by atoms with van der Waals surface area (Å²) in [6.07, 6.45) is 1.31. The lowest BCUT2D eigenvalue weighted by atomic mass is 9.95. The number of carboxylic acid groups (broad SMARTS) is 1. The van der Waals surface area contributed by atoms with Crippen molar-refractivity contribution in [3.05, 3.63) is 0 Å². The first kappa shape index (κ1) is 13.4. The van der Waals surface area contributed by atoms with Crippen LogP contribution in [0, 0.1) is 0 Å². The highest BCUT2D eigenvalue weighted by atomic mass is 16.4. The number of hydrogen-bond acceptors (Lipinski definition) is 4. The largest absolute Gasteiger partial charge is 0.480 e. The van der Waals surface area contributed by atoms with Crippen LogP contribution < -0.4 is 5.32 Å². The van der Waals surface area contributed by atoms with Gasteiger partial charge in [-0.15, -0.1) is 0 Å². The van der Waals surface area contributed by atoms with Crippen molar-refractivity contribution in [1.29, 1.82) is 0 Å². The molecule has 0 aromatic carbocycles. The first-order valence-corrected chi connectivity index (χ1v) is 5.92. The monoisotopic (exact) mass is 230 g/mol. The average Bonchev–Trinajstić information content (AvgIpc) is 2.29. The number of piperazine rings is 1. The van der Waals surface area contributed by atoms with Crippen LogP contribution in [0.5, 0.6) is 0 Å². The molecular weight excluding hydrogens is 208 g/mol. The zero-order valence-electron chi connectivity index (χ0n) is 10.1. The van der Waals surface area contributed by atoms with Crippen LogP contribution >= 0.6 is 0 Å². The maximum atomic E-state index is 11.1. The van der Waals surface area contributed by atoms with E-state index >= 15 is 0 Å². The van der Waals surface area contributed by atoms with Crippen LogP contribution in [0.25, 0.3) is 0 Å². The standard InChI is InChI=1S/C11H22N2O3/c1-3-11(16,4-2)8-13-6-5-12-7-9(13)10(14)15/h9,12,16H,3-8H2,1-2H3,(H,14,15). The van der Waals surface area contributed by atoms with E-state index < -0.39 is 17.6 Å². The minimum atomic E-state index is -0.818. The molecule has 1 aliphatic rings. The maximum absolute atomic E-state index is 11.1. The second-order valence-electron chi connectivity index (χ2n) is 4.46. The van der Waals surface area contributed by atoms with E-state index in [0.29, 0.717) is 32.5 Å². The van der Waals surface area contributed by atoms with Crippen molar-refractivity contribution in [2.24, 2.45) is 0 Å². The fourth-order valence-electron chi connectivity index (χ4n) is 2.03. The molecule has 1 fully saturated rings. The summed E-state index contributed by atoms with van der Waals surface area (Å²) in [5, 5.41) is 22.4. The molecule has 3 N–H and O–H groups in total. The van der Waals surface area contributed by atoms with Crippen molar-refractivity contribution in [3.8, 4) is 0 Å². The van der Waals surface area contributed by atoms with E-state index in [0.717, 1.165) is 6.54 Å². The van der Waals surface area contributed by atoms with Gasteiger partial charge in [0.1, 0.15) is 6.04 Å². The molecule has 0 aliphatic carbocycles. The normalized spacial score (nSPS) is 23.3. The lowest BCUT2D eigenvalue weighted by molar-refractivity contribution is -0.145. The van der Waals surface area contributed by atoms with Crippen LogP contribution in [0.1, 0.15) is 26.7 Å². The Balaban J connectivity index is 2.65. The van der Waals surface area contributed by atoms with E-state index in [1.807, 2.05) is 18.7 Å². The van der Waals surface area contributed by atoms with Crippen molar-refractivity contribution in [2.45, 2.75) is 38.3 Å². The van der Waals surface area contributed by atoms with Crippen molar-refractivity contribution in [1.82, 2.24) is 10.2 Å². The summed E-state index contributed by atoms with van der Waals surface area (Å²) in [4.78, 5) is 12.9. The highest BCUT2D eigenvalue weighted by Gasteiger charge is 2.34. The maximum Gasteiger partial charge on any atom is 0.322 e. The van der Waals surface area contributed by atoms with Gasteiger partial charge in [0.2, 0.25) is 0 Å². The van der Waals surface area contributed by atoms with Gasteiger partial charge in [0.25, 0.3) is 0 Å². The highest BCUT2D eigenvalue weighted by molar-refractivity contribution is 5.74. The van der Waals surface area contributed by atoms with Crippen LogP contribution in [0.4, 0.5) is 0 Å². The van der Waals surface area contributed by atoms with Gasteiger partial charge in [0.15, 0.2) is 0 Å². The van der Waals surface area contributed by atoms with Gasteiger partial charge in [0, 0.05) is 26.2 Å². The smallest absolute Gasteiger partial charge is 0.322 e. The number of nitrogens with one attached hydrogen (secondary N) is 1. The Bertz CT molecular complexity index is 241. The molecule has 0 spiro atoms. The summed E-state index contributed by atoms with van der Waals surface area (Å²) in [6, 6.07) is -0.515. The zero-order valence-corrected chi connectivity index (χ0v) is 10.1. The molecule has 1 aliphatic heterocycles. The van der Waals surface area contributed by atoms with Gasteiger partial charge in [-0.2, -0.15) is 0 Å². The quantitative estimate of drug-likeness (QED) is 0.615. The zero-order chi connectivity index (χ0) is 12.2. The van der Waals surface area contributed by atoms with Gasteiger partial charge >= 0.3 is 5.97 Å². The van der Waals surface area contributed by atoms with Gasteiger partial charge < -0.3 is 15.5 Å². The minimum Gasteiger partial charge on any atom is -0.480 e. The fraction of sp³-hybridized carbons (Fsp3) is 0.909. The van der Waals surface area contributed by atoms with E-state index in [-0.39, 0.29) is 0 Å². The molecule has 0 saturated carbocycles. The van der Waals surface area contributed by atoms with E-state index in [2.05, 4.69) is 5.32 Å². The number of nitrogens with zero attached hydrogens (tertiary/aromatic N) is 1. The molecule has 0 radical (unpaired) electrons. The van der Waals surface area contributed by atoms with Gasteiger partial charge in [-0.3, -0.25) is 9.69 Å². The molecule has 1 rings (SSSR count). The van der Waals surface area contributed by atoms with Crippen LogP contribution in [-0.2, 0) is 4.79 Å². The Labute approximate surface area is 96.4 Å². The molecule has 1 unspecified atom stereocenters. The fourth-order valence-corrected chi connectivity index (χ4v) is 2.03. The Hall–Kier alpha value is -0.650. The number of carboxylic acids is 1. The average molecular weight is 230 g/mol. The lowest BCUT2D eigenvalue weighted by Gasteiger charge is -2.39. The Morgan fingerprint density at radius 1 is 1.50 bits per heavy atom. The second-order valence-corrected chi connectivity index (χ2v) is 4.46.